The highest BCUT2D eigenvalue weighted by atomic mass is 31.1. The van der Waals surface area contributed by atoms with Crippen LogP contribution in [-0.2, 0) is 11.2 Å². The van der Waals surface area contributed by atoms with Crippen LogP contribution in [-0.4, -0.2) is 73.2 Å². The topological polar surface area (TPSA) is 57.0 Å². The molecule has 8 heteroatoms. The lowest BCUT2D eigenvalue weighted by atomic mass is 9.91. The van der Waals surface area contributed by atoms with E-state index in [2.05, 4.69) is 46.1 Å². The average Bonchev–Trinajstić information content (AvgIpc) is 3.22. The number of allylic oxidation sites excluding steroid dienone is 1. The zero-order chi connectivity index (χ0) is 22.5. The van der Waals surface area contributed by atoms with E-state index in [0.29, 0.717) is 8.58 Å². The molecule has 7 nitrogen and oxygen atoms in total. The van der Waals surface area contributed by atoms with Gasteiger partial charge in [0.2, 0.25) is 0 Å². The molecule has 4 aliphatic rings. The molecule has 2 aromatic heterocycles. The summed E-state index contributed by atoms with van der Waals surface area (Å²) in [7, 11) is 0.476. The number of amides is 1. The third-order valence-corrected chi connectivity index (χ3v) is 8.86. The monoisotopic (exact) mass is 462 g/mol. The first-order chi connectivity index (χ1) is 16.1. The third kappa shape index (κ3) is 3.81. The van der Waals surface area contributed by atoms with Crippen LogP contribution in [0.5, 0.6) is 0 Å². The van der Waals surface area contributed by atoms with Gasteiger partial charge in [-0.1, -0.05) is 28.0 Å². The first-order valence-electron chi connectivity index (χ1n) is 12.1. The van der Waals surface area contributed by atoms with Crippen LogP contribution in [0, 0.1) is 6.92 Å². The molecule has 0 bridgehead atoms. The Balaban J connectivity index is 1.20. The summed E-state index contributed by atoms with van der Waals surface area (Å²) in [4.78, 5) is 24.8. The Morgan fingerprint density at radius 3 is 2.73 bits per heavy atom. The zero-order valence-corrected chi connectivity index (χ0v) is 20.4. The van der Waals surface area contributed by atoms with Crippen molar-refractivity contribution in [3.63, 3.8) is 0 Å². The van der Waals surface area contributed by atoms with Crippen molar-refractivity contribution >= 4 is 25.3 Å². The van der Waals surface area contributed by atoms with E-state index in [-0.39, 0.29) is 11.7 Å². The molecule has 1 aliphatic carbocycles. The number of nitrogens with zero attached hydrogens (tertiary/aromatic N) is 6. The molecule has 2 unspecified atom stereocenters. The molecule has 2 atom stereocenters. The van der Waals surface area contributed by atoms with Crippen molar-refractivity contribution in [3.05, 3.63) is 59.5 Å². The summed E-state index contributed by atoms with van der Waals surface area (Å²) in [6.07, 6.45) is 15.2. The fourth-order valence-corrected chi connectivity index (χ4v) is 6.60. The van der Waals surface area contributed by atoms with Gasteiger partial charge in [-0.2, -0.15) is 5.10 Å². The number of hydrogen-bond donors (Lipinski definition) is 0. The summed E-state index contributed by atoms with van der Waals surface area (Å²) >= 11 is 0. The molecular formula is C25H31N6OP. The van der Waals surface area contributed by atoms with Crippen LogP contribution in [0.4, 0.5) is 0 Å². The predicted molar refractivity (Wildman–Crippen MR) is 132 cm³/mol. The third-order valence-electron chi connectivity index (χ3n) is 7.38. The lowest BCUT2D eigenvalue weighted by Crippen LogP contribution is -2.52. The standard InChI is InChI=1S/C25H31N6OP/c1-3-20-22-13-21(27-31(22)15-17(2)26-20)23-14-24(32)30-16-19(7-8-25(30)33-23)29-11-9-28(10-12-29)18-5-4-6-18/h7-8,13-16,18,25,33H,3-6,9-12H2,1-2H3. The van der Waals surface area contributed by atoms with E-state index in [1.807, 2.05) is 22.5 Å². The first-order valence-corrected chi connectivity index (χ1v) is 13.2. The lowest BCUT2D eigenvalue weighted by Gasteiger charge is -2.44. The Labute approximate surface area is 196 Å². The number of hydrogen-bond acceptors (Lipinski definition) is 5. The van der Waals surface area contributed by atoms with Crippen LogP contribution in [0.25, 0.3) is 10.8 Å². The average molecular weight is 463 g/mol. The van der Waals surface area contributed by atoms with Gasteiger partial charge >= 0.3 is 0 Å². The summed E-state index contributed by atoms with van der Waals surface area (Å²) in [5.74, 6) is 0.124. The second-order valence-corrected chi connectivity index (χ2v) is 10.9. The Hall–Kier alpha value is -2.50. The molecule has 2 aromatic rings. The number of aryl methyl sites for hydroxylation is 2. The Kier molecular flexibility index (Phi) is 5.34. The van der Waals surface area contributed by atoms with Gasteiger partial charge in [-0.05, 0) is 38.3 Å². The van der Waals surface area contributed by atoms with Crippen molar-refractivity contribution in [2.24, 2.45) is 0 Å². The number of rotatable bonds is 4. The van der Waals surface area contributed by atoms with Crippen molar-refractivity contribution in [3.8, 4) is 0 Å². The van der Waals surface area contributed by atoms with Gasteiger partial charge < -0.3 is 9.80 Å². The number of carbonyl (C=O) groups excluding carboxylic acids is 1. The molecule has 0 N–H and O–H groups in total. The maximum atomic E-state index is 13.1. The van der Waals surface area contributed by atoms with Crippen LogP contribution < -0.4 is 0 Å². The van der Waals surface area contributed by atoms with Crippen LogP contribution in [0.2, 0.25) is 0 Å². The maximum Gasteiger partial charge on any atom is 0.252 e. The second-order valence-electron chi connectivity index (χ2n) is 9.46. The minimum Gasteiger partial charge on any atom is -0.368 e. The van der Waals surface area contributed by atoms with Crippen molar-refractivity contribution in [2.75, 3.05) is 26.2 Å². The van der Waals surface area contributed by atoms with Crippen molar-refractivity contribution in [1.29, 1.82) is 0 Å². The number of aromatic nitrogens is 3. The lowest BCUT2D eigenvalue weighted by molar-refractivity contribution is -0.123. The smallest absolute Gasteiger partial charge is 0.252 e. The quantitative estimate of drug-likeness (QED) is 0.653. The Bertz CT molecular complexity index is 1180. The highest BCUT2D eigenvalue weighted by molar-refractivity contribution is 7.51. The molecule has 33 heavy (non-hydrogen) atoms. The van der Waals surface area contributed by atoms with Crippen molar-refractivity contribution in [2.45, 2.75) is 51.4 Å². The molecule has 3 aliphatic heterocycles. The van der Waals surface area contributed by atoms with Crippen LogP contribution in [0.3, 0.4) is 0 Å². The SMILES string of the molecule is CCc1nc(C)cn2nc(C3=CC(=O)N4C=C(N5CCN(C6CCC6)CC5)C=CC4P3)cc12. The summed E-state index contributed by atoms with van der Waals surface area (Å²) in [5, 5.41) is 5.82. The predicted octanol–water partition coefficient (Wildman–Crippen LogP) is 3.37. The van der Waals surface area contributed by atoms with E-state index >= 15 is 0 Å². The normalized spacial score (nSPS) is 24.8. The van der Waals surface area contributed by atoms with E-state index in [1.54, 1.807) is 6.08 Å². The van der Waals surface area contributed by atoms with Crippen LogP contribution in [0.1, 0.15) is 43.3 Å². The van der Waals surface area contributed by atoms with Gasteiger partial charge in [0.25, 0.3) is 5.91 Å². The number of fused-ring (bicyclic) bond motifs is 2. The van der Waals surface area contributed by atoms with Crippen LogP contribution >= 0.6 is 8.58 Å². The summed E-state index contributed by atoms with van der Waals surface area (Å²) in [6.45, 7) is 8.44. The van der Waals surface area contributed by atoms with Gasteiger partial charge in [-0.3, -0.25) is 14.7 Å². The van der Waals surface area contributed by atoms with Gasteiger partial charge in [-0.15, -0.1) is 0 Å². The molecule has 1 amide bonds. The zero-order valence-electron chi connectivity index (χ0n) is 19.4. The molecule has 0 aromatic carbocycles. The first kappa shape index (κ1) is 21.1. The highest BCUT2D eigenvalue weighted by Crippen LogP contribution is 2.44. The molecule has 0 radical (unpaired) electrons. The molecule has 0 spiro atoms. The molecular weight excluding hydrogens is 431 g/mol. The Morgan fingerprint density at radius 2 is 2.00 bits per heavy atom. The van der Waals surface area contributed by atoms with Crippen molar-refractivity contribution < 1.29 is 4.79 Å². The summed E-state index contributed by atoms with van der Waals surface area (Å²) in [6, 6.07) is 2.90. The molecule has 1 saturated carbocycles. The molecule has 6 rings (SSSR count). The van der Waals surface area contributed by atoms with Crippen LogP contribution in [0.15, 0.2) is 42.4 Å². The minimum atomic E-state index is 0.0470. The van der Waals surface area contributed by atoms with Crippen molar-refractivity contribution in [1.82, 2.24) is 29.3 Å². The van der Waals surface area contributed by atoms with E-state index in [9.17, 15) is 4.79 Å². The van der Waals surface area contributed by atoms with Gasteiger partial charge in [0, 0.05) is 49.8 Å². The van der Waals surface area contributed by atoms with E-state index in [4.69, 9.17) is 5.10 Å². The summed E-state index contributed by atoms with van der Waals surface area (Å²) < 4.78 is 1.91. The largest absolute Gasteiger partial charge is 0.368 e. The summed E-state index contributed by atoms with van der Waals surface area (Å²) in [5.41, 5.74) is 5.08. The van der Waals surface area contributed by atoms with Gasteiger partial charge in [0.1, 0.15) is 0 Å². The Morgan fingerprint density at radius 1 is 1.18 bits per heavy atom. The van der Waals surface area contributed by atoms with Gasteiger partial charge in [0.05, 0.1) is 40.3 Å². The van der Waals surface area contributed by atoms with E-state index in [1.165, 1.54) is 19.3 Å². The second kappa shape index (κ2) is 8.37. The van der Waals surface area contributed by atoms with E-state index < -0.39 is 0 Å². The fraction of sp³-hybridized carbons (Fsp3) is 0.480. The molecule has 1 saturated heterocycles. The molecule has 5 heterocycles. The maximum absolute atomic E-state index is 13.1. The highest BCUT2D eigenvalue weighted by Gasteiger charge is 2.32. The minimum absolute atomic E-state index is 0.0470. The molecule has 172 valence electrons. The van der Waals surface area contributed by atoms with E-state index in [0.717, 1.165) is 72.3 Å². The van der Waals surface area contributed by atoms with Gasteiger partial charge in [-0.25, -0.2) is 4.52 Å². The number of carbonyl (C=O) groups is 1. The van der Waals surface area contributed by atoms with Gasteiger partial charge in [0.15, 0.2) is 0 Å². The number of piperazine rings is 1. The molecule has 2 fully saturated rings. The fourth-order valence-electron chi connectivity index (χ4n) is 5.27.